The Morgan fingerprint density at radius 1 is 1.17 bits per heavy atom. The van der Waals surface area contributed by atoms with Crippen molar-refractivity contribution in [1.29, 1.82) is 0 Å². The second-order valence-corrected chi connectivity index (χ2v) is 8.88. The molecule has 0 saturated heterocycles. The normalized spacial score (nSPS) is 18.4. The van der Waals surface area contributed by atoms with Gasteiger partial charge in [0.15, 0.2) is 16.7 Å². The molecule has 5 rings (SSSR count). The van der Waals surface area contributed by atoms with E-state index in [2.05, 4.69) is 15.3 Å². The van der Waals surface area contributed by atoms with Gasteiger partial charge in [-0.25, -0.2) is 9.97 Å². The van der Waals surface area contributed by atoms with Crippen LogP contribution >= 0.6 is 11.3 Å². The SMILES string of the molecule is COc1cccc(-c2ccnc(Nc3nc4c(s3)CCCC4O)c2OC2CCC2)c1. The number of nitrogens with one attached hydrogen (secondary N) is 1. The van der Waals surface area contributed by atoms with Crippen molar-refractivity contribution < 1.29 is 14.6 Å². The monoisotopic (exact) mass is 423 g/mol. The van der Waals surface area contributed by atoms with Gasteiger partial charge in [-0.1, -0.05) is 12.1 Å². The lowest BCUT2D eigenvalue weighted by atomic mass is 9.96. The fraction of sp³-hybridized carbons (Fsp3) is 0.391. The van der Waals surface area contributed by atoms with Gasteiger partial charge in [0.2, 0.25) is 0 Å². The molecule has 6 nitrogen and oxygen atoms in total. The van der Waals surface area contributed by atoms with Crippen molar-refractivity contribution >= 4 is 22.3 Å². The highest BCUT2D eigenvalue weighted by Gasteiger charge is 2.26. The fourth-order valence-electron chi connectivity index (χ4n) is 3.88. The van der Waals surface area contributed by atoms with E-state index in [1.165, 1.54) is 6.42 Å². The number of benzene rings is 1. The zero-order chi connectivity index (χ0) is 20.5. The van der Waals surface area contributed by atoms with Crippen LogP contribution in [0.1, 0.15) is 48.8 Å². The molecule has 30 heavy (non-hydrogen) atoms. The number of aromatic nitrogens is 2. The van der Waals surface area contributed by atoms with E-state index in [1.807, 2.05) is 30.3 Å². The Labute approximate surface area is 179 Å². The standard InChI is InChI=1S/C23H25N3O3S/c1-28-16-8-2-5-14(13-16)17-11-12-24-22(21(17)29-15-6-3-7-15)26-23-25-20-18(27)9-4-10-19(20)30-23/h2,5,8,11-13,15,18,27H,3-4,6-7,9-10H2,1H3,(H,24,25,26). The summed E-state index contributed by atoms with van der Waals surface area (Å²) in [4.78, 5) is 10.4. The Morgan fingerprint density at radius 3 is 2.83 bits per heavy atom. The van der Waals surface area contributed by atoms with Crippen molar-refractivity contribution in [3.63, 3.8) is 0 Å². The Bertz CT molecular complexity index is 1050. The van der Waals surface area contributed by atoms with Gasteiger partial charge >= 0.3 is 0 Å². The van der Waals surface area contributed by atoms with Crippen LogP contribution in [0.15, 0.2) is 36.5 Å². The smallest absolute Gasteiger partial charge is 0.188 e. The summed E-state index contributed by atoms with van der Waals surface area (Å²) in [5.74, 6) is 2.20. The van der Waals surface area contributed by atoms with E-state index in [1.54, 1.807) is 24.6 Å². The molecule has 2 N–H and O–H groups in total. The first-order valence-electron chi connectivity index (χ1n) is 10.5. The second kappa shape index (κ2) is 8.24. The summed E-state index contributed by atoms with van der Waals surface area (Å²) in [6.45, 7) is 0. The number of pyridine rings is 1. The van der Waals surface area contributed by atoms with Gasteiger partial charge in [-0.15, -0.1) is 11.3 Å². The Morgan fingerprint density at radius 2 is 2.07 bits per heavy atom. The third-order valence-corrected chi connectivity index (χ3v) is 6.82. The maximum Gasteiger partial charge on any atom is 0.188 e. The number of rotatable bonds is 6. The number of hydrogen-bond acceptors (Lipinski definition) is 7. The molecule has 0 radical (unpaired) electrons. The van der Waals surface area contributed by atoms with Crippen molar-refractivity contribution in [2.24, 2.45) is 0 Å². The van der Waals surface area contributed by atoms with Crippen LogP contribution in [0, 0.1) is 0 Å². The summed E-state index contributed by atoms with van der Waals surface area (Å²) in [6, 6.07) is 9.94. The third-order valence-electron chi connectivity index (χ3n) is 5.77. The molecule has 0 bridgehead atoms. The number of ether oxygens (including phenoxy) is 2. The van der Waals surface area contributed by atoms with Gasteiger partial charge in [0.1, 0.15) is 5.75 Å². The molecular formula is C23H25N3O3S. The molecule has 2 aromatic heterocycles. The molecule has 2 aliphatic carbocycles. The maximum atomic E-state index is 10.3. The zero-order valence-corrected chi connectivity index (χ0v) is 17.7. The average Bonchev–Trinajstić information content (AvgIpc) is 3.15. The lowest BCUT2D eigenvalue weighted by molar-refractivity contribution is 0.121. The predicted molar refractivity (Wildman–Crippen MR) is 118 cm³/mol. The molecule has 1 fully saturated rings. The maximum absolute atomic E-state index is 10.3. The topological polar surface area (TPSA) is 76.5 Å². The van der Waals surface area contributed by atoms with Crippen LogP contribution in [0.25, 0.3) is 11.1 Å². The first-order chi connectivity index (χ1) is 14.7. The summed E-state index contributed by atoms with van der Waals surface area (Å²) >= 11 is 1.59. The van der Waals surface area contributed by atoms with Crippen LogP contribution in [0.4, 0.5) is 10.9 Å². The number of aliphatic hydroxyl groups is 1. The molecule has 2 aliphatic rings. The number of thiazole rings is 1. The van der Waals surface area contributed by atoms with Crippen molar-refractivity contribution in [3.05, 3.63) is 47.1 Å². The van der Waals surface area contributed by atoms with Gasteiger partial charge in [-0.05, 0) is 62.3 Å². The minimum Gasteiger partial charge on any atom is -0.497 e. The van der Waals surface area contributed by atoms with Crippen LogP contribution in [-0.4, -0.2) is 28.3 Å². The Hall–Kier alpha value is -2.64. The van der Waals surface area contributed by atoms with Crippen molar-refractivity contribution in [2.75, 3.05) is 12.4 Å². The molecule has 0 amide bonds. The number of aliphatic hydroxyl groups excluding tert-OH is 1. The summed E-state index contributed by atoms with van der Waals surface area (Å²) in [6.07, 6.45) is 7.58. The molecule has 1 atom stereocenters. The van der Waals surface area contributed by atoms with Gasteiger partial charge in [-0.3, -0.25) is 0 Å². The number of methoxy groups -OCH3 is 1. The van der Waals surface area contributed by atoms with E-state index < -0.39 is 6.10 Å². The summed E-state index contributed by atoms with van der Waals surface area (Å²) < 4.78 is 11.8. The number of anilines is 2. The largest absolute Gasteiger partial charge is 0.497 e. The number of hydrogen-bond donors (Lipinski definition) is 2. The second-order valence-electron chi connectivity index (χ2n) is 7.80. The van der Waals surface area contributed by atoms with E-state index in [4.69, 9.17) is 9.47 Å². The molecule has 2 heterocycles. The highest BCUT2D eigenvalue weighted by Crippen LogP contribution is 2.42. The fourth-order valence-corrected chi connectivity index (χ4v) is 4.94. The van der Waals surface area contributed by atoms with Crippen molar-refractivity contribution in [2.45, 2.75) is 50.7 Å². The van der Waals surface area contributed by atoms with E-state index in [0.717, 1.165) is 70.4 Å². The van der Waals surface area contributed by atoms with Crippen LogP contribution in [0.3, 0.4) is 0 Å². The minimum atomic E-state index is -0.470. The summed E-state index contributed by atoms with van der Waals surface area (Å²) in [7, 11) is 1.67. The lowest BCUT2D eigenvalue weighted by Gasteiger charge is -2.28. The van der Waals surface area contributed by atoms with Crippen LogP contribution in [0.5, 0.6) is 11.5 Å². The van der Waals surface area contributed by atoms with E-state index in [9.17, 15) is 5.11 Å². The van der Waals surface area contributed by atoms with E-state index in [0.29, 0.717) is 5.82 Å². The van der Waals surface area contributed by atoms with Crippen molar-refractivity contribution in [3.8, 4) is 22.6 Å². The van der Waals surface area contributed by atoms with Crippen LogP contribution in [0.2, 0.25) is 0 Å². The minimum absolute atomic E-state index is 0.213. The van der Waals surface area contributed by atoms with Crippen molar-refractivity contribution in [1.82, 2.24) is 9.97 Å². The van der Waals surface area contributed by atoms with Gasteiger partial charge in [0.05, 0.1) is 25.0 Å². The van der Waals surface area contributed by atoms with Gasteiger partial charge in [-0.2, -0.15) is 0 Å². The molecule has 7 heteroatoms. The lowest BCUT2D eigenvalue weighted by Crippen LogP contribution is -2.25. The van der Waals surface area contributed by atoms with E-state index >= 15 is 0 Å². The number of aryl methyl sites for hydroxylation is 1. The molecule has 0 spiro atoms. The van der Waals surface area contributed by atoms with Gasteiger partial charge < -0.3 is 19.9 Å². The Kier molecular flexibility index (Phi) is 5.31. The summed E-state index contributed by atoms with van der Waals surface area (Å²) in [5.41, 5.74) is 2.79. The third kappa shape index (κ3) is 3.75. The van der Waals surface area contributed by atoms with Crippen LogP contribution in [-0.2, 0) is 6.42 Å². The molecule has 1 aromatic carbocycles. The predicted octanol–water partition coefficient (Wildman–Crippen LogP) is 5.26. The first-order valence-corrected chi connectivity index (χ1v) is 11.3. The molecule has 1 unspecified atom stereocenters. The molecular weight excluding hydrogens is 398 g/mol. The molecule has 156 valence electrons. The number of fused-ring (bicyclic) bond motifs is 1. The average molecular weight is 424 g/mol. The van der Waals surface area contributed by atoms with Crippen LogP contribution < -0.4 is 14.8 Å². The molecule has 1 saturated carbocycles. The summed E-state index contributed by atoms with van der Waals surface area (Å²) in [5, 5.41) is 14.4. The van der Waals surface area contributed by atoms with Gasteiger partial charge in [0, 0.05) is 16.6 Å². The first kappa shape index (κ1) is 19.3. The quantitative estimate of drug-likeness (QED) is 0.563. The zero-order valence-electron chi connectivity index (χ0n) is 16.9. The van der Waals surface area contributed by atoms with Gasteiger partial charge in [0.25, 0.3) is 0 Å². The molecule has 0 aliphatic heterocycles. The number of nitrogens with zero attached hydrogens (tertiary/aromatic N) is 2. The van der Waals surface area contributed by atoms with E-state index in [-0.39, 0.29) is 6.10 Å². The highest BCUT2D eigenvalue weighted by atomic mass is 32.1. The Balaban J connectivity index is 1.52. The highest BCUT2D eigenvalue weighted by molar-refractivity contribution is 7.15. The molecule has 3 aromatic rings.